The van der Waals surface area contributed by atoms with Crippen molar-refractivity contribution in [2.45, 2.75) is 40.2 Å². The lowest BCUT2D eigenvalue weighted by Crippen LogP contribution is -2.35. The minimum Gasteiger partial charge on any atom is -0.396 e. The van der Waals surface area contributed by atoms with Gasteiger partial charge in [0.05, 0.1) is 10.4 Å². The lowest BCUT2D eigenvalue weighted by Gasteiger charge is -2.34. The van der Waals surface area contributed by atoms with Crippen molar-refractivity contribution < 1.29 is 10.0 Å². The highest BCUT2D eigenvalue weighted by Gasteiger charge is 2.22. The normalized spacial score (nSPS) is 14.1. The van der Waals surface area contributed by atoms with E-state index in [1.807, 2.05) is 19.1 Å². The maximum Gasteiger partial charge on any atom is 0.293 e. The fourth-order valence-corrected chi connectivity index (χ4v) is 4.92. The summed E-state index contributed by atoms with van der Waals surface area (Å²) in [5.41, 5.74) is 3.39. The largest absolute Gasteiger partial charge is 0.396 e. The Balaban J connectivity index is 1.71. The van der Waals surface area contributed by atoms with E-state index in [1.54, 1.807) is 12.1 Å². The molecule has 1 saturated heterocycles. The van der Waals surface area contributed by atoms with Crippen LogP contribution in [-0.2, 0) is 6.54 Å². The molecule has 1 aromatic heterocycles. The molecular formula is C27H37N7O3. The smallest absolute Gasteiger partial charge is 0.293 e. The molecular weight excluding hydrogens is 470 g/mol. The van der Waals surface area contributed by atoms with Gasteiger partial charge in [-0.1, -0.05) is 18.2 Å². The molecule has 0 radical (unpaired) electrons. The summed E-state index contributed by atoms with van der Waals surface area (Å²) >= 11 is 0. The first kappa shape index (κ1) is 26.4. The van der Waals surface area contributed by atoms with Gasteiger partial charge in [0.15, 0.2) is 0 Å². The van der Waals surface area contributed by atoms with E-state index in [1.165, 1.54) is 0 Å². The zero-order chi connectivity index (χ0) is 26.4. The van der Waals surface area contributed by atoms with Gasteiger partial charge in [-0.05, 0) is 57.2 Å². The van der Waals surface area contributed by atoms with Crippen LogP contribution in [0, 0.1) is 16.0 Å². The molecule has 2 heterocycles. The Kier molecular flexibility index (Phi) is 8.60. The average Bonchev–Trinajstić information content (AvgIpc) is 2.92. The van der Waals surface area contributed by atoms with Crippen LogP contribution in [0.4, 0.5) is 28.8 Å². The Morgan fingerprint density at radius 2 is 1.84 bits per heavy atom. The summed E-state index contributed by atoms with van der Waals surface area (Å²) in [5, 5.41) is 28.5. The Morgan fingerprint density at radius 3 is 2.49 bits per heavy atom. The van der Waals surface area contributed by atoms with Crippen LogP contribution in [0.3, 0.4) is 0 Å². The SMILES string of the molecule is CCNc1cc2nc(N(CC)CC)nc(NCc3ccccc3N3CCC(CO)CC3)c2cc1[N+](=O)[O-]. The van der Waals surface area contributed by atoms with Crippen molar-refractivity contribution in [3.63, 3.8) is 0 Å². The Morgan fingerprint density at radius 1 is 1.11 bits per heavy atom. The minimum absolute atomic E-state index is 0.00347. The first-order valence-electron chi connectivity index (χ1n) is 13.2. The molecule has 3 N–H and O–H groups in total. The van der Waals surface area contributed by atoms with Crippen molar-refractivity contribution in [3.05, 3.63) is 52.1 Å². The van der Waals surface area contributed by atoms with Gasteiger partial charge < -0.3 is 25.5 Å². The lowest BCUT2D eigenvalue weighted by molar-refractivity contribution is -0.383. The van der Waals surface area contributed by atoms with E-state index in [2.05, 4.69) is 46.4 Å². The summed E-state index contributed by atoms with van der Waals surface area (Å²) < 4.78 is 0. The van der Waals surface area contributed by atoms with Gasteiger partial charge in [-0.25, -0.2) is 4.98 Å². The molecule has 0 amide bonds. The van der Waals surface area contributed by atoms with Gasteiger partial charge >= 0.3 is 0 Å². The number of fused-ring (bicyclic) bond motifs is 1. The van der Waals surface area contributed by atoms with E-state index in [0.29, 0.717) is 47.4 Å². The molecule has 1 fully saturated rings. The molecule has 10 heteroatoms. The highest BCUT2D eigenvalue weighted by atomic mass is 16.6. The second-order valence-electron chi connectivity index (χ2n) is 9.31. The number of nitrogens with one attached hydrogen (secondary N) is 2. The quantitative estimate of drug-likeness (QED) is 0.252. The second kappa shape index (κ2) is 12.1. The Bertz CT molecular complexity index is 1220. The number of hydrogen-bond acceptors (Lipinski definition) is 9. The maximum absolute atomic E-state index is 11.8. The Hall–Kier alpha value is -3.66. The van der Waals surface area contributed by atoms with Gasteiger partial charge in [0.25, 0.3) is 5.69 Å². The van der Waals surface area contributed by atoms with E-state index in [-0.39, 0.29) is 17.2 Å². The summed E-state index contributed by atoms with van der Waals surface area (Å²) in [7, 11) is 0. The molecule has 0 unspecified atom stereocenters. The summed E-state index contributed by atoms with van der Waals surface area (Å²) in [6.45, 7) is 10.7. The number of nitro benzene ring substituents is 1. The number of anilines is 4. The molecule has 0 aliphatic carbocycles. The van der Waals surface area contributed by atoms with Crippen molar-refractivity contribution in [1.29, 1.82) is 0 Å². The van der Waals surface area contributed by atoms with E-state index in [0.717, 1.165) is 50.3 Å². The summed E-state index contributed by atoms with van der Waals surface area (Å²) in [6, 6.07) is 11.6. The predicted octanol–water partition coefficient (Wildman–Crippen LogP) is 4.64. The number of rotatable bonds is 11. The second-order valence-corrected chi connectivity index (χ2v) is 9.31. The fourth-order valence-electron chi connectivity index (χ4n) is 4.92. The van der Waals surface area contributed by atoms with E-state index < -0.39 is 0 Å². The number of hydrogen-bond donors (Lipinski definition) is 3. The average molecular weight is 508 g/mol. The van der Waals surface area contributed by atoms with Gasteiger partial charge in [-0.2, -0.15) is 4.98 Å². The van der Waals surface area contributed by atoms with Crippen LogP contribution in [0.2, 0.25) is 0 Å². The first-order chi connectivity index (χ1) is 18.0. The highest BCUT2D eigenvalue weighted by molar-refractivity contribution is 5.95. The van der Waals surface area contributed by atoms with E-state index in [4.69, 9.17) is 9.97 Å². The summed E-state index contributed by atoms with van der Waals surface area (Å²) in [6.07, 6.45) is 1.94. The van der Waals surface area contributed by atoms with Crippen LogP contribution < -0.4 is 20.4 Å². The molecule has 0 spiro atoms. The van der Waals surface area contributed by atoms with Crippen LogP contribution in [-0.4, -0.2) is 59.3 Å². The number of aliphatic hydroxyl groups excluding tert-OH is 1. The molecule has 0 atom stereocenters. The monoisotopic (exact) mass is 507 g/mol. The van der Waals surface area contributed by atoms with Gasteiger partial charge in [-0.15, -0.1) is 0 Å². The first-order valence-corrected chi connectivity index (χ1v) is 13.2. The number of para-hydroxylation sites is 1. The van der Waals surface area contributed by atoms with Gasteiger partial charge in [0.2, 0.25) is 5.95 Å². The Labute approximate surface area is 217 Å². The number of aliphatic hydroxyl groups is 1. The van der Waals surface area contributed by atoms with Gasteiger partial charge in [-0.3, -0.25) is 10.1 Å². The van der Waals surface area contributed by atoms with Crippen LogP contribution in [0.5, 0.6) is 0 Å². The fraction of sp³-hybridized carbons (Fsp3) is 0.481. The third-order valence-corrected chi connectivity index (χ3v) is 7.06. The van der Waals surface area contributed by atoms with Crippen molar-refractivity contribution in [2.24, 2.45) is 5.92 Å². The van der Waals surface area contributed by atoms with Crippen LogP contribution >= 0.6 is 0 Å². The van der Waals surface area contributed by atoms with Crippen molar-refractivity contribution in [1.82, 2.24) is 9.97 Å². The molecule has 4 rings (SSSR count). The van der Waals surface area contributed by atoms with Gasteiger partial charge in [0, 0.05) is 63.0 Å². The number of nitro groups is 1. The maximum atomic E-state index is 11.8. The van der Waals surface area contributed by atoms with Gasteiger partial charge in [0.1, 0.15) is 11.5 Å². The van der Waals surface area contributed by atoms with Crippen LogP contribution in [0.15, 0.2) is 36.4 Å². The van der Waals surface area contributed by atoms with Crippen LogP contribution in [0.1, 0.15) is 39.2 Å². The highest BCUT2D eigenvalue weighted by Crippen LogP contribution is 2.34. The molecule has 0 bridgehead atoms. The zero-order valence-electron chi connectivity index (χ0n) is 21.9. The topological polar surface area (TPSA) is 120 Å². The van der Waals surface area contributed by atoms with E-state index >= 15 is 0 Å². The van der Waals surface area contributed by atoms with Crippen molar-refractivity contribution in [2.75, 3.05) is 59.8 Å². The summed E-state index contributed by atoms with van der Waals surface area (Å²) in [5.74, 6) is 1.54. The van der Waals surface area contributed by atoms with E-state index in [9.17, 15) is 15.2 Å². The lowest BCUT2D eigenvalue weighted by atomic mass is 9.97. The molecule has 198 valence electrons. The third kappa shape index (κ3) is 5.85. The van der Waals surface area contributed by atoms with Crippen LogP contribution in [0.25, 0.3) is 10.9 Å². The predicted molar refractivity (Wildman–Crippen MR) is 150 cm³/mol. The third-order valence-electron chi connectivity index (χ3n) is 7.06. The molecule has 1 aliphatic rings. The number of benzene rings is 2. The number of nitrogens with zero attached hydrogens (tertiary/aromatic N) is 5. The van der Waals surface area contributed by atoms with Crippen molar-refractivity contribution >= 4 is 39.7 Å². The number of piperidine rings is 1. The minimum atomic E-state index is -0.370. The number of aromatic nitrogens is 2. The molecule has 10 nitrogen and oxygen atoms in total. The molecule has 2 aromatic carbocycles. The van der Waals surface area contributed by atoms with Crippen molar-refractivity contribution in [3.8, 4) is 0 Å². The summed E-state index contributed by atoms with van der Waals surface area (Å²) in [4.78, 5) is 25.5. The molecule has 1 aliphatic heterocycles. The molecule has 3 aromatic rings. The zero-order valence-corrected chi connectivity index (χ0v) is 21.9. The molecule has 37 heavy (non-hydrogen) atoms. The standard InChI is InChI=1S/C27H37N7O3/c1-4-28-23-16-22-21(15-25(23)34(36)37)26(31-27(30-22)32(5-2)6-3)29-17-20-9-7-8-10-24(20)33-13-11-19(18-35)12-14-33/h7-10,15-16,19,28,35H,4-6,11-14,17-18H2,1-3H3,(H,29,30,31). The molecule has 0 saturated carbocycles.